The summed E-state index contributed by atoms with van der Waals surface area (Å²) in [4.78, 5) is 13.3. The molecule has 0 saturated heterocycles. The molecule has 0 spiro atoms. The van der Waals surface area contributed by atoms with Crippen LogP contribution in [0.2, 0.25) is 0 Å². The Hall–Kier alpha value is -0.780. The molecule has 0 unspecified atom stereocenters. The molecule has 1 aromatic rings. The van der Waals surface area contributed by atoms with Crippen LogP contribution in [0.15, 0.2) is 21.8 Å². The third kappa shape index (κ3) is 4.67. The molecule has 12 heteroatoms. The van der Waals surface area contributed by atoms with Gasteiger partial charge in [-0.05, 0) is 15.9 Å². The SMILES string of the molecule is O=[N+]([O-])c1cc(Br)cnc1S(=O)(=O)CCS(=O)(=O)Cl. The first-order valence-corrected chi connectivity index (χ1v) is 9.40. The van der Waals surface area contributed by atoms with Gasteiger partial charge in [-0.1, -0.05) is 0 Å². The van der Waals surface area contributed by atoms with Crippen molar-refractivity contribution in [1.82, 2.24) is 4.98 Å². The number of pyridine rings is 1. The number of halogens is 2. The van der Waals surface area contributed by atoms with Gasteiger partial charge in [0.05, 0.1) is 16.4 Å². The number of nitro groups is 1. The Morgan fingerprint density at radius 1 is 1.32 bits per heavy atom. The maximum absolute atomic E-state index is 11.8. The fraction of sp³-hybridized carbons (Fsp3) is 0.286. The number of hydrogen-bond donors (Lipinski definition) is 0. The standard InChI is InChI=1S/C7H6BrClN2O6S2/c8-5-3-6(11(12)13)7(10-4-5)18(14,15)1-2-19(9,16)17/h3-4H,1-2H2. The number of sulfone groups is 1. The predicted octanol–water partition coefficient (Wildman–Crippen LogP) is 1.09. The van der Waals surface area contributed by atoms with Crippen molar-refractivity contribution in [3.05, 3.63) is 26.9 Å². The van der Waals surface area contributed by atoms with E-state index in [1.54, 1.807) is 0 Å². The molecular formula is C7H6BrClN2O6S2. The van der Waals surface area contributed by atoms with Crippen LogP contribution in [-0.2, 0) is 18.9 Å². The summed E-state index contributed by atoms with van der Waals surface area (Å²) in [7, 11) is -3.34. The Bertz CT molecular complexity index is 717. The summed E-state index contributed by atoms with van der Waals surface area (Å²) < 4.78 is 45.3. The first-order chi connectivity index (χ1) is 8.53. The highest BCUT2D eigenvalue weighted by atomic mass is 79.9. The van der Waals surface area contributed by atoms with Crippen LogP contribution >= 0.6 is 26.6 Å². The van der Waals surface area contributed by atoms with Gasteiger partial charge in [-0.15, -0.1) is 0 Å². The van der Waals surface area contributed by atoms with Crippen LogP contribution in [0.5, 0.6) is 0 Å². The largest absolute Gasteiger partial charge is 0.307 e. The van der Waals surface area contributed by atoms with E-state index >= 15 is 0 Å². The summed E-state index contributed by atoms with van der Waals surface area (Å²) in [6.07, 6.45) is 1.06. The zero-order chi connectivity index (χ0) is 14.8. The minimum atomic E-state index is -4.22. The molecule has 19 heavy (non-hydrogen) atoms. The maximum atomic E-state index is 11.8. The van der Waals surface area contributed by atoms with Crippen LogP contribution in [0, 0.1) is 10.1 Å². The molecule has 0 radical (unpaired) electrons. The smallest absolute Gasteiger partial charge is 0.258 e. The van der Waals surface area contributed by atoms with E-state index in [0.717, 1.165) is 12.3 Å². The van der Waals surface area contributed by atoms with Gasteiger partial charge in [0.1, 0.15) is 0 Å². The molecule has 1 heterocycles. The van der Waals surface area contributed by atoms with Crippen molar-refractivity contribution in [2.45, 2.75) is 5.03 Å². The van der Waals surface area contributed by atoms with Crippen molar-refractivity contribution in [3.8, 4) is 0 Å². The molecule has 0 amide bonds. The fourth-order valence-corrected chi connectivity index (χ4v) is 4.51. The van der Waals surface area contributed by atoms with Gasteiger partial charge in [-0.3, -0.25) is 10.1 Å². The van der Waals surface area contributed by atoms with Crippen LogP contribution < -0.4 is 0 Å². The van der Waals surface area contributed by atoms with Crippen molar-refractivity contribution in [1.29, 1.82) is 0 Å². The van der Waals surface area contributed by atoms with Gasteiger partial charge >= 0.3 is 5.69 Å². The second kappa shape index (κ2) is 5.69. The van der Waals surface area contributed by atoms with Crippen molar-refractivity contribution in [3.63, 3.8) is 0 Å². The minimum Gasteiger partial charge on any atom is -0.258 e. The molecule has 1 rings (SSSR count). The lowest BCUT2D eigenvalue weighted by atomic mass is 10.4. The first-order valence-electron chi connectivity index (χ1n) is 4.48. The predicted molar refractivity (Wildman–Crippen MR) is 70.3 cm³/mol. The van der Waals surface area contributed by atoms with Crippen molar-refractivity contribution >= 4 is 51.2 Å². The highest BCUT2D eigenvalue weighted by Crippen LogP contribution is 2.25. The molecule has 106 valence electrons. The Kier molecular flexibility index (Phi) is 4.87. The molecule has 0 saturated carbocycles. The van der Waals surface area contributed by atoms with Crippen LogP contribution in [-0.4, -0.2) is 38.2 Å². The van der Waals surface area contributed by atoms with E-state index in [9.17, 15) is 26.9 Å². The van der Waals surface area contributed by atoms with Gasteiger partial charge in [0.2, 0.25) is 23.9 Å². The van der Waals surface area contributed by atoms with E-state index in [0.29, 0.717) is 0 Å². The monoisotopic (exact) mass is 392 g/mol. The van der Waals surface area contributed by atoms with E-state index in [2.05, 4.69) is 20.9 Å². The summed E-state index contributed by atoms with van der Waals surface area (Å²) in [5.41, 5.74) is -0.735. The molecule has 0 aliphatic carbocycles. The lowest BCUT2D eigenvalue weighted by molar-refractivity contribution is -0.388. The van der Waals surface area contributed by atoms with Crippen LogP contribution in [0.25, 0.3) is 0 Å². The topological polar surface area (TPSA) is 124 Å². The van der Waals surface area contributed by atoms with Crippen LogP contribution in [0.1, 0.15) is 0 Å². The average Bonchev–Trinajstić information content (AvgIpc) is 2.25. The normalized spacial score (nSPS) is 12.3. The summed E-state index contributed by atoms with van der Waals surface area (Å²) in [5.74, 6) is -1.74. The van der Waals surface area contributed by atoms with Gasteiger partial charge in [0, 0.05) is 27.4 Å². The Morgan fingerprint density at radius 3 is 2.37 bits per heavy atom. The Labute approximate surface area is 121 Å². The van der Waals surface area contributed by atoms with Gasteiger partial charge in [-0.25, -0.2) is 21.8 Å². The summed E-state index contributed by atoms with van der Waals surface area (Å²) in [6.45, 7) is 0. The molecule has 0 aromatic carbocycles. The number of rotatable bonds is 5. The fourth-order valence-electron chi connectivity index (χ4n) is 1.09. The van der Waals surface area contributed by atoms with Gasteiger partial charge in [0.25, 0.3) is 0 Å². The van der Waals surface area contributed by atoms with Gasteiger partial charge < -0.3 is 0 Å². The zero-order valence-electron chi connectivity index (χ0n) is 8.99. The second-order valence-corrected chi connectivity index (χ2v) is 9.13. The van der Waals surface area contributed by atoms with Crippen LogP contribution in [0.4, 0.5) is 5.69 Å². The summed E-state index contributed by atoms with van der Waals surface area (Å²) in [5, 5.41) is 9.97. The van der Waals surface area contributed by atoms with Crippen molar-refractivity contribution < 1.29 is 21.8 Å². The molecule has 0 aliphatic rings. The summed E-state index contributed by atoms with van der Waals surface area (Å²) in [6, 6.07) is 0.967. The Balaban J connectivity index is 3.25. The minimum absolute atomic E-state index is 0.225. The highest BCUT2D eigenvalue weighted by molar-refractivity contribution is 9.10. The average molecular weight is 394 g/mol. The lowest BCUT2D eigenvalue weighted by Crippen LogP contribution is -2.16. The Morgan fingerprint density at radius 2 is 1.89 bits per heavy atom. The lowest BCUT2D eigenvalue weighted by Gasteiger charge is -2.03. The second-order valence-electron chi connectivity index (χ2n) is 3.30. The molecule has 0 aliphatic heterocycles. The van der Waals surface area contributed by atoms with Gasteiger partial charge in [-0.2, -0.15) is 0 Å². The van der Waals surface area contributed by atoms with E-state index in [4.69, 9.17) is 10.7 Å². The van der Waals surface area contributed by atoms with Crippen LogP contribution in [0.3, 0.4) is 0 Å². The van der Waals surface area contributed by atoms with E-state index in [-0.39, 0.29) is 4.47 Å². The molecule has 0 N–H and O–H groups in total. The van der Waals surface area contributed by atoms with Crippen molar-refractivity contribution in [2.75, 3.05) is 11.5 Å². The molecule has 0 fully saturated rings. The van der Waals surface area contributed by atoms with E-state index in [1.165, 1.54) is 0 Å². The highest BCUT2D eigenvalue weighted by Gasteiger charge is 2.29. The van der Waals surface area contributed by atoms with E-state index < -0.39 is 46.0 Å². The van der Waals surface area contributed by atoms with Gasteiger partial charge in [0.15, 0.2) is 0 Å². The van der Waals surface area contributed by atoms with E-state index in [1.807, 2.05) is 0 Å². The molecule has 1 aromatic heterocycles. The number of nitrogens with zero attached hydrogens (tertiary/aromatic N) is 2. The number of aromatic nitrogens is 1. The third-order valence-electron chi connectivity index (χ3n) is 1.89. The first kappa shape index (κ1) is 16.3. The summed E-state index contributed by atoms with van der Waals surface area (Å²) >= 11 is 2.92. The number of hydrogen-bond acceptors (Lipinski definition) is 7. The molecule has 0 atom stereocenters. The van der Waals surface area contributed by atoms with Crippen molar-refractivity contribution in [2.24, 2.45) is 0 Å². The molecular weight excluding hydrogens is 388 g/mol. The third-order valence-corrected chi connectivity index (χ3v) is 5.38. The quantitative estimate of drug-likeness (QED) is 0.416. The maximum Gasteiger partial charge on any atom is 0.307 e. The zero-order valence-corrected chi connectivity index (χ0v) is 13.0. The molecule has 0 bridgehead atoms. The molecule has 8 nitrogen and oxygen atoms in total.